The van der Waals surface area contributed by atoms with Crippen LogP contribution in [0.5, 0.6) is 0 Å². The van der Waals surface area contributed by atoms with Crippen molar-refractivity contribution in [3.63, 3.8) is 0 Å². The van der Waals surface area contributed by atoms with Gasteiger partial charge in [0.2, 0.25) is 0 Å². The smallest absolute Gasteiger partial charge is 0.142 e. The maximum atomic E-state index is 11.0. The standard InChI is InChI=1S/C9H13IN2OS/c1-6(13)7(2)14-5-9-8(10)4-11-12(9)3/h4,7H,5H2,1-3H3. The highest BCUT2D eigenvalue weighted by Gasteiger charge is 2.11. The van der Waals surface area contributed by atoms with Crippen LogP contribution >= 0.6 is 34.4 Å². The Morgan fingerprint density at radius 2 is 2.43 bits per heavy atom. The summed E-state index contributed by atoms with van der Waals surface area (Å²) in [5.74, 6) is 1.07. The molecule has 0 aliphatic heterocycles. The minimum absolute atomic E-state index is 0.0701. The average molecular weight is 324 g/mol. The molecule has 1 aromatic heterocycles. The van der Waals surface area contributed by atoms with Crippen LogP contribution in [0.25, 0.3) is 0 Å². The third kappa shape index (κ3) is 2.98. The number of carbonyl (C=O) groups is 1. The van der Waals surface area contributed by atoms with Gasteiger partial charge >= 0.3 is 0 Å². The van der Waals surface area contributed by atoms with Gasteiger partial charge < -0.3 is 0 Å². The lowest BCUT2D eigenvalue weighted by molar-refractivity contribution is -0.116. The van der Waals surface area contributed by atoms with E-state index in [2.05, 4.69) is 27.7 Å². The van der Waals surface area contributed by atoms with Crippen molar-refractivity contribution in [3.05, 3.63) is 15.5 Å². The summed E-state index contributed by atoms with van der Waals surface area (Å²) in [5.41, 5.74) is 1.18. The fourth-order valence-corrected chi connectivity index (χ4v) is 2.83. The highest BCUT2D eigenvalue weighted by atomic mass is 127. The van der Waals surface area contributed by atoms with Gasteiger partial charge in [0.25, 0.3) is 0 Å². The molecule has 1 atom stereocenters. The minimum Gasteiger partial charge on any atom is -0.299 e. The molecule has 0 saturated heterocycles. The van der Waals surface area contributed by atoms with Gasteiger partial charge in [0, 0.05) is 12.8 Å². The third-order valence-corrected chi connectivity index (χ3v) is 4.23. The number of nitrogens with zero attached hydrogens (tertiary/aromatic N) is 2. The number of ketones is 1. The van der Waals surface area contributed by atoms with E-state index in [1.807, 2.05) is 24.9 Å². The molecule has 0 bridgehead atoms. The Morgan fingerprint density at radius 3 is 2.86 bits per heavy atom. The predicted molar refractivity (Wildman–Crippen MR) is 67.4 cm³/mol. The van der Waals surface area contributed by atoms with Crippen LogP contribution in [0.4, 0.5) is 0 Å². The summed E-state index contributed by atoms with van der Waals surface area (Å²) in [6, 6.07) is 0. The lowest BCUT2D eigenvalue weighted by atomic mass is 10.3. The van der Waals surface area contributed by atoms with Gasteiger partial charge in [-0.05, 0) is 36.4 Å². The van der Waals surface area contributed by atoms with Gasteiger partial charge in [0.05, 0.1) is 20.7 Å². The maximum absolute atomic E-state index is 11.0. The zero-order chi connectivity index (χ0) is 10.7. The van der Waals surface area contributed by atoms with Gasteiger partial charge in [0.1, 0.15) is 5.78 Å². The summed E-state index contributed by atoms with van der Waals surface area (Å²) in [5, 5.41) is 4.22. The van der Waals surface area contributed by atoms with E-state index < -0.39 is 0 Å². The van der Waals surface area contributed by atoms with E-state index in [4.69, 9.17) is 0 Å². The quantitative estimate of drug-likeness (QED) is 0.797. The van der Waals surface area contributed by atoms with Crippen molar-refractivity contribution in [2.75, 3.05) is 0 Å². The molecule has 0 aromatic carbocycles. The summed E-state index contributed by atoms with van der Waals surface area (Å²) < 4.78 is 3.02. The first-order valence-corrected chi connectivity index (χ1v) is 6.43. The molecule has 1 rings (SSSR count). The van der Waals surface area contributed by atoms with Crippen LogP contribution in [0, 0.1) is 3.57 Å². The molecule has 5 heteroatoms. The molecule has 0 amide bonds. The van der Waals surface area contributed by atoms with Gasteiger partial charge in [-0.3, -0.25) is 9.48 Å². The Kier molecular flexibility index (Phi) is 4.43. The molecule has 0 fully saturated rings. The van der Waals surface area contributed by atoms with Crippen molar-refractivity contribution in [3.8, 4) is 0 Å². The van der Waals surface area contributed by atoms with Gasteiger partial charge in [-0.1, -0.05) is 0 Å². The normalized spacial score (nSPS) is 12.9. The topological polar surface area (TPSA) is 34.9 Å². The van der Waals surface area contributed by atoms with E-state index in [9.17, 15) is 4.79 Å². The van der Waals surface area contributed by atoms with Gasteiger partial charge in [0.15, 0.2) is 0 Å². The number of thioether (sulfide) groups is 1. The van der Waals surface area contributed by atoms with Gasteiger partial charge in [-0.15, -0.1) is 11.8 Å². The predicted octanol–water partition coefficient (Wildman–Crippen LogP) is 2.24. The molecule has 1 aromatic rings. The Labute approximate surface area is 102 Å². The van der Waals surface area contributed by atoms with Gasteiger partial charge in [-0.2, -0.15) is 5.10 Å². The Hall–Kier alpha value is -0.0400. The zero-order valence-electron chi connectivity index (χ0n) is 8.45. The number of aryl methyl sites for hydroxylation is 1. The first-order chi connectivity index (χ1) is 6.52. The molecule has 1 unspecified atom stereocenters. The van der Waals surface area contributed by atoms with E-state index in [1.54, 1.807) is 18.7 Å². The Balaban J connectivity index is 2.57. The van der Waals surface area contributed by atoms with E-state index >= 15 is 0 Å². The van der Waals surface area contributed by atoms with Crippen LogP contribution in [0.15, 0.2) is 6.20 Å². The van der Waals surface area contributed by atoms with Crippen LogP contribution < -0.4 is 0 Å². The van der Waals surface area contributed by atoms with E-state index in [0.717, 1.165) is 9.32 Å². The van der Waals surface area contributed by atoms with E-state index in [-0.39, 0.29) is 11.0 Å². The van der Waals surface area contributed by atoms with Gasteiger partial charge in [-0.25, -0.2) is 0 Å². The number of rotatable bonds is 4. The van der Waals surface area contributed by atoms with Crippen molar-refractivity contribution in [1.29, 1.82) is 0 Å². The largest absolute Gasteiger partial charge is 0.299 e. The molecule has 14 heavy (non-hydrogen) atoms. The monoisotopic (exact) mass is 324 g/mol. The number of hydrogen-bond acceptors (Lipinski definition) is 3. The summed E-state index contributed by atoms with van der Waals surface area (Å²) in [6.45, 7) is 3.57. The fraction of sp³-hybridized carbons (Fsp3) is 0.556. The van der Waals surface area contributed by atoms with Crippen LogP contribution in [0.3, 0.4) is 0 Å². The molecule has 78 valence electrons. The molecule has 0 saturated carbocycles. The van der Waals surface area contributed by atoms with Crippen molar-refractivity contribution < 1.29 is 4.79 Å². The van der Waals surface area contributed by atoms with Crippen molar-refractivity contribution in [1.82, 2.24) is 9.78 Å². The maximum Gasteiger partial charge on any atom is 0.142 e. The number of Topliss-reactive ketones (excluding diaryl/α,β-unsaturated/α-hetero) is 1. The second-order valence-corrected chi connectivity index (χ2v) is 5.62. The number of hydrogen-bond donors (Lipinski definition) is 0. The van der Waals surface area contributed by atoms with Crippen LogP contribution in [-0.4, -0.2) is 20.8 Å². The number of aromatic nitrogens is 2. The Bertz CT molecular complexity index is 318. The summed E-state index contributed by atoms with van der Waals surface area (Å²) in [7, 11) is 1.93. The molecule has 0 aliphatic carbocycles. The Morgan fingerprint density at radius 1 is 1.79 bits per heavy atom. The molecule has 0 spiro atoms. The lowest BCUT2D eigenvalue weighted by Gasteiger charge is -2.07. The first-order valence-electron chi connectivity index (χ1n) is 4.30. The third-order valence-electron chi connectivity index (χ3n) is 2.05. The van der Waals surface area contributed by atoms with Crippen molar-refractivity contribution in [2.24, 2.45) is 7.05 Å². The molecule has 3 nitrogen and oxygen atoms in total. The molecule has 1 heterocycles. The second-order valence-electron chi connectivity index (χ2n) is 3.13. The minimum atomic E-state index is 0.0701. The molecule has 0 N–H and O–H groups in total. The number of halogens is 1. The molecular weight excluding hydrogens is 311 g/mol. The lowest BCUT2D eigenvalue weighted by Crippen LogP contribution is -2.09. The number of carbonyl (C=O) groups excluding carboxylic acids is 1. The highest BCUT2D eigenvalue weighted by Crippen LogP contribution is 2.21. The fourth-order valence-electron chi connectivity index (χ4n) is 0.920. The zero-order valence-corrected chi connectivity index (χ0v) is 11.4. The van der Waals surface area contributed by atoms with Crippen LogP contribution in [-0.2, 0) is 17.6 Å². The molecule has 0 radical (unpaired) electrons. The van der Waals surface area contributed by atoms with Crippen molar-refractivity contribution in [2.45, 2.75) is 24.9 Å². The van der Waals surface area contributed by atoms with E-state index in [0.29, 0.717) is 0 Å². The average Bonchev–Trinajstić information content (AvgIpc) is 2.43. The first kappa shape index (κ1) is 12.0. The summed E-state index contributed by atoms with van der Waals surface area (Å²) in [4.78, 5) is 11.0. The molecule has 0 aliphatic rings. The molecular formula is C9H13IN2OS. The summed E-state index contributed by atoms with van der Waals surface area (Å²) in [6.07, 6.45) is 1.84. The van der Waals surface area contributed by atoms with Crippen LogP contribution in [0.2, 0.25) is 0 Å². The van der Waals surface area contributed by atoms with Crippen LogP contribution in [0.1, 0.15) is 19.5 Å². The second kappa shape index (κ2) is 5.16. The van der Waals surface area contributed by atoms with Crippen molar-refractivity contribution >= 4 is 40.1 Å². The SMILES string of the molecule is CC(=O)C(C)SCc1c(I)cnn1C. The van der Waals surface area contributed by atoms with E-state index in [1.165, 1.54) is 5.69 Å². The summed E-state index contributed by atoms with van der Waals surface area (Å²) >= 11 is 3.92. The highest BCUT2D eigenvalue weighted by molar-refractivity contribution is 14.1.